The third-order valence-corrected chi connectivity index (χ3v) is 8.11. The van der Waals surface area contributed by atoms with Crippen molar-refractivity contribution >= 4 is 43.0 Å². The molecule has 8 nitrogen and oxygen atoms in total. The molecule has 0 radical (unpaired) electrons. The van der Waals surface area contributed by atoms with Crippen LogP contribution in [0.5, 0.6) is 0 Å². The lowest BCUT2D eigenvalue weighted by molar-refractivity contribution is -0.126. The van der Waals surface area contributed by atoms with Crippen LogP contribution >= 0.6 is 0 Å². The van der Waals surface area contributed by atoms with Gasteiger partial charge in [0.2, 0.25) is 0 Å². The standard InChI is InChI=1S/C25H26N2O6S2/c1-16-5-10-21(11-6-16)34(30,31)26-20-9-14-24(23(15-20)25(18(3)28)19(4)29)27-35(32,33)22-12-7-17(2)8-13-22/h5-15,25-27H,1-4H3. The van der Waals surface area contributed by atoms with Crippen LogP contribution in [0.1, 0.15) is 36.5 Å². The van der Waals surface area contributed by atoms with Crippen LogP contribution in [0.3, 0.4) is 0 Å². The lowest BCUT2D eigenvalue weighted by Crippen LogP contribution is -2.22. The van der Waals surface area contributed by atoms with Crippen molar-refractivity contribution in [3.8, 4) is 0 Å². The molecule has 3 rings (SSSR count). The highest BCUT2D eigenvalue weighted by Crippen LogP contribution is 2.32. The Bertz CT molecular complexity index is 1460. The molecule has 0 saturated heterocycles. The Morgan fingerprint density at radius 3 is 1.51 bits per heavy atom. The first kappa shape index (κ1) is 26.1. The molecule has 0 unspecified atom stereocenters. The van der Waals surface area contributed by atoms with Crippen molar-refractivity contribution < 1.29 is 26.4 Å². The number of sulfonamides is 2. The highest BCUT2D eigenvalue weighted by atomic mass is 32.2. The summed E-state index contributed by atoms with van der Waals surface area (Å²) in [6.45, 7) is 6.08. The number of anilines is 2. The minimum atomic E-state index is -4.04. The largest absolute Gasteiger partial charge is 0.299 e. The van der Waals surface area contributed by atoms with Crippen molar-refractivity contribution in [1.82, 2.24) is 0 Å². The number of aryl methyl sites for hydroxylation is 2. The van der Waals surface area contributed by atoms with Crippen LogP contribution in [0, 0.1) is 13.8 Å². The van der Waals surface area contributed by atoms with Gasteiger partial charge in [0.1, 0.15) is 17.5 Å². The number of benzene rings is 3. The summed E-state index contributed by atoms with van der Waals surface area (Å²) in [5.74, 6) is -2.30. The zero-order valence-electron chi connectivity index (χ0n) is 19.7. The van der Waals surface area contributed by atoms with Crippen molar-refractivity contribution in [1.29, 1.82) is 0 Å². The van der Waals surface area contributed by atoms with E-state index in [0.29, 0.717) is 0 Å². The molecule has 184 valence electrons. The quantitative estimate of drug-likeness (QED) is 0.413. The molecule has 0 saturated carbocycles. The van der Waals surface area contributed by atoms with Gasteiger partial charge in [-0.05, 0) is 75.7 Å². The third-order valence-electron chi connectivity index (χ3n) is 5.33. The maximum absolute atomic E-state index is 13.0. The number of carbonyl (C=O) groups is 2. The third kappa shape index (κ3) is 6.14. The minimum Gasteiger partial charge on any atom is -0.299 e. The maximum atomic E-state index is 13.0. The molecule has 0 heterocycles. The normalized spacial score (nSPS) is 11.8. The van der Waals surface area contributed by atoms with Gasteiger partial charge in [-0.1, -0.05) is 35.4 Å². The average molecular weight is 515 g/mol. The molecule has 0 spiro atoms. The molecule has 35 heavy (non-hydrogen) atoms. The Labute approximate surface area is 205 Å². The summed E-state index contributed by atoms with van der Waals surface area (Å²) in [6, 6.07) is 16.4. The van der Waals surface area contributed by atoms with E-state index in [-0.39, 0.29) is 26.7 Å². The van der Waals surface area contributed by atoms with Crippen molar-refractivity contribution in [2.75, 3.05) is 9.44 Å². The van der Waals surface area contributed by atoms with Crippen LogP contribution in [-0.4, -0.2) is 28.4 Å². The second-order valence-electron chi connectivity index (χ2n) is 8.29. The first-order valence-corrected chi connectivity index (χ1v) is 13.6. The van der Waals surface area contributed by atoms with Gasteiger partial charge < -0.3 is 0 Å². The topological polar surface area (TPSA) is 126 Å². The number of rotatable bonds is 9. The van der Waals surface area contributed by atoms with E-state index < -0.39 is 37.5 Å². The lowest BCUT2D eigenvalue weighted by Gasteiger charge is -2.19. The molecule has 0 atom stereocenters. The van der Waals surface area contributed by atoms with E-state index in [1.54, 1.807) is 24.3 Å². The van der Waals surface area contributed by atoms with Crippen molar-refractivity contribution in [3.63, 3.8) is 0 Å². The van der Waals surface area contributed by atoms with Gasteiger partial charge in [0.15, 0.2) is 0 Å². The molecule has 0 bridgehead atoms. The molecule has 2 N–H and O–H groups in total. The maximum Gasteiger partial charge on any atom is 0.261 e. The van der Waals surface area contributed by atoms with Gasteiger partial charge in [-0.15, -0.1) is 0 Å². The summed E-state index contributed by atoms with van der Waals surface area (Å²) in [4.78, 5) is 24.7. The van der Waals surface area contributed by atoms with Gasteiger partial charge in [0.25, 0.3) is 20.0 Å². The highest BCUT2D eigenvalue weighted by molar-refractivity contribution is 7.93. The van der Waals surface area contributed by atoms with Crippen LogP contribution in [-0.2, 0) is 29.6 Å². The fourth-order valence-electron chi connectivity index (χ4n) is 3.53. The van der Waals surface area contributed by atoms with E-state index in [1.165, 1.54) is 56.3 Å². The molecule has 0 aliphatic carbocycles. The second kappa shape index (κ2) is 10.0. The Morgan fingerprint density at radius 2 is 1.09 bits per heavy atom. The van der Waals surface area contributed by atoms with Crippen LogP contribution < -0.4 is 9.44 Å². The zero-order chi connectivity index (χ0) is 26.0. The predicted octanol–water partition coefficient (Wildman–Crippen LogP) is 4.17. The first-order valence-electron chi connectivity index (χ1n) is 10.6. The van der Waals surface area contributed by atoms with Crippen molar-refractivity contribution in [3.05, 3.63) is 83.4 Å². The molecule has 0 aliphatic heterocycles. The summed E-state index contributed by atoms with van der Waals surface area (Å²) in [7, 11) is -8.01. The average Bonchev–Trinajstić information content (AvgIpc) is 2.75. The van der Waals surface area contributed by atoms with Gasteiger partial charge >= 0.3 is 0 Å². The van der Waals surface area contributed by atoms with Crippen LogP contribution in [0.4, 0.5) is 11.4 Å². The Balaban J connectivity index is 2.06. The lowest BCUT2D eigenvalue weighted by atomic mass is 9.90. The summed E-state index contributed by atoms with van der Waals surface area (Å²) < 4.78 is 56.4. The zero-order valence-corrected chi connectivity index (χ0v) is 21.3. The first-order chi connectivity index (χ1) is 16.3. The van der Waals surface area contributed by atoms with Gasteiger partial charge in [-0.2, -0.15) is 0 Å². The van der Waals surface area contributed by atoms with Crippen LogP contribution in [0.2, 0.25) is 0 Å². The molecular weight excluding hydrogens is 488 g/mol. The number of nitrogens with one attached hydrogen (secondary N) is 2. The van der Waals surface area contributed by atoms with E-state index >= 15 is 0 Å². The Kier molecular flexibility index (Phi) is 7.47. The fraction of sp³-hybridized carbons (Fsp3) is 0.200. The number of ketones is 2. The smallest absolute Gasteiger partial charge is 0.261 e. The predicted molar refractivity (Wildman–Crippen MR) is 135 cm³/mol. The van der Waals surface area contributed by atoms with Crippen molar-refractivity contribution in [2.45, 2.75) is 43.4 Å². The number of hydrogen-bond acceptors (Lipinski definition) is 6. The molecule has 3 aromatic carbocycles. The molecule has 0 fully saturated rings. The molecular formula is C25H26N2O6S2. The monoisotopic (exact) mass is 514 g/mol. The van der Waals surface area contributed by atoms with Crippen LogP contribution in [0.25, 0.3) is 0 Å². The summed E-state index contributed by atoms with van der Waals surface area (Å²) in [5.41, 5.74) is 1.89. The summed E-state index contributed by atoms with van der Waals surface area (Å²) in [5, 5.41) is 0. The van der Waals surface area contributed by atoms with E-state index in [9.17, 15) is 26.4 Å². The van der Waals surface area contributed by atoms with E-state index in [2.05, 4.69) is 9.44 Å². The van der Waals surface area contributed by atoms with E-state index in [1.807, 2.05) is 13.8 Å². The van der Waals surface area contributed by atoms with Gasteiger partial charge in [-0.25, -0.2) is 16.8 Å². The number of hydrogen-bond donors (Lipinski definition) is 2. The number of carbonyl (C=O) groups excluding carboxylic acids is 2. The van der Waals surface area contributed by atoms with Gasteiger partial charge in [0, 0.05) is 5.69 Å². The Morgan fingerprint density at radius 1 is 0.657 bits per heavy atom. The number of Topliss-reactive ketones (excluding diaryl/α,β-unsaturated/α-hetero) is 2. The van der Waals surface area contributed by atoms with E-state index in [4.69, 9.17) is 0 Å². The fourth-order valence-corrected chi connectivity index (χ4v) is 5.67. The van der Waals surface area contributed by atoms with Crippen LogP contribution in [0.15, 0.2) is 76.5 Å². The van der Waals surface area contributed by atoms with E-state index in [0.717, 1.165) is 11.1 Å². The minimum absolute atomic E-state index is 0.000371. The SMILES string of the molecule is CC(=O)C(C(C)=O)c1cc(NS(=O)(=O)c2ccc(C)cc2)ccc1NS(=O)(=O)c1ccc(C)cc1. The summed E-state index contributed by atoms with van der Waals surface area (Å²) >= 11 is 0. The molecule has 3 aromatic rings. The van der Waals surface area contributed by atoms with Crippen molar-refractivity contribution in [2.24, 2.45) is 0 Å². The van der Waals surface area contributed by atoms with Gasteiger partial charge in [0.05, 0.1) is 15.5 Å². The highest BCUT2D eigenvalue weighted by Gasteiger charge is 2.28. The molecule has 0 aliphatic rings. The molecule has 10 heteroatoms. The molecule has 0 aromatic heterocycles. The van der Waals surface area contributed by atoms with Gasteiger partial charge in [-0.3, -0.25) is 19.0 Å². The second-order valence-corrected chi connectivity index (χ2v) is 11.7. The Hall–Kier alpha value is -3.50. The summed E-state index contributed by atoms with van der Waals surface area (Å²) in [6.07, 6.45) is 0. The molecule has 0 amide bonds.